The molecule has 0 unspecified atom stereocenters. The van der Waals surface area contributed by atoms with Gasteiger partial charge in [0.15, 0.2) is 0 Å². The Morgan fingerprint density at radius 2 is 1.72 bits per heavy atom. The van der Waals surface area contributed by atoms with E-state index in [-0.39, 0.29) is 0 Å². The minimum Gasteiger partial charge on any atom is -0.310 e. The first-order valence-corrected chi connectivity index (χ1v) is 8.29. The van der Waals surface area contributed by atoms with Crippen LogP contribution in [-0.4, -0.2) is 26.0 Å². The van der Waals surface area contributed by atoms with Crippen molar-refractivity contribution in [3.63, 3.8) is 0 Å². The summed E-state index contributed by atoms with van der Waals surface area (Å²) in [6.07, 6.45) is 1.49. The van der Waals surface area contributed by atoms with Crippen LogP contribution in [0.5, 0.6) is 0 Å². The van der Waals surface area contributed by atoms with E-state index in [1.165, 1.54) is 16.7 Å². The van der Waals surface area contributed by atoms with Gasteiger partial charge in [-0.2, -0.15) is 0 Å². The molecule has 1 aromatic rings. The van der Waals surface area contributed by atoms with Crippen LogP contribution in [-0.2, 0) is 16.4 Å². The Morgan fingerprint density at radius 3 is 2.28 bits per heavy atom. The summed E-state index contributed by atoms with van der Waals surface area (Å²) in [6, 6.07) is 6.65. The summed E-state index contributed by atoms with van der Waals surface area (Å²) in [5.74, 6) is 0.662. The van der Waals surface area contributed by atoms with Crippen molar-refractivity contribution in [1.82, 2.24) is 5.32 Å². The van der Waals surface area contributed by atoms with E-state index in [0.717, 1.165) is 19.4 Å². The van der Waals surface area contributed by atoms with Crippen LogP contribution in [0.3, 0.4) is 0 Å². The highest BCUT2D eigenvalue weighted by Crippen LogP contribution is 2.16. The summed E-state index contributed by atoms with van der Waals surface area (Å²) >= 11 is 0. The van der Waals surface area contributed by atoms with Gasteiger partial charge in [-0.1, -0.05) is 18.2 Å². The van der Waals surface area contributed by atoms with Gasteiger partial charge in [-0.15, -0.1) is 0 Å². The summed E-state index contributed by atoms with van der Waals surface area (Å²) in [5.41, 5.74) is 3.93. The van der Waals surface area contributed by atoms with Crippen LogP contribution in [0.1, 0.15) is 29.5 Å². The SMILES string of the molecule is Cc1cccc(C)c1CNC1CCS(=O)(=O)CC1. The standard InChI is InChI=1S/C14H21NO2S/c1-11-4-3-5-12(2)14(11)10-15-13-6-8-18(16,17)9-7-13/h3-5,13,15H,6-10H2,1-2H3. The van der Waals surface area contributed by atoms with Gasteiger partial charge in [-0.3, -0.25) is 0 Å². The second-order valence-corrected chi connectivity index (χ2v) is 7.48. The Hall–Kier alpha value is -0.870. The number of benzene rings is 1. The minimum atomic E-state index is -2.75. The summed E-state index contributed by atoms with van der Waals surface area (Å²) in [4.78, 5) is 0. The molecule has 0 saturated carbocycles. The maximum absolute atomic E-state index is 11.4. The van der Waals surface area contributed by atoms with E-state index < -0.39 is 9.84 Å². The van der Waals surface area contributed by atoms with E-state index in [1.807, 2.05) is 0 Å². The fourth-order valence-electron chi connectivity index (χ4n) is 2.47. The van der Waals surface area contributed by atoms with Crippen molar-refractivity contribution in [2.45, 2.75) is 39.3 Å². The Labute approximate surface area is 110 Å². The molecular formula is C14H21NO2S. The van der Waals surface area contributed by atoms with Crippen LogP contribution >= 0.6 is 0 Å². The van der Waals surface area contributed by atoms with E-state index in [9.17, 15) is 8.42 Å². The molecule has 1 aromatic carbocycles. The second-order valence-electron chi connectivity index (χ2n) is 5.18. The Kier molecular flexibility index (Phi) is 4.07. The van der Waals surface area contributed by atoms with Crippen LogP contribution in [0.25, 0.3) is 0 Å². The molecule has 1 aliphatic rings. The lowest BCUT2D eigenvalue weighted by atomic mass is 10.0. The molecule has 100 valence electrons. The van der Waals surface area contributed by atoms with Gasteiger partial charge in [-0.25, -0.2) is 8.42 Å². The molecule has 0 bridgehead atoms. The van der Waals surface area contributed by atoms with Gasteiger partial charge in [0.1, 0.15) is 9.84 Å². The summed E-state index contributed by atoms with van der Waals surface area (Å²) in [7, 11) is -2.75. The molecule has 1 heterocycles. The van der Waals surface area contributed by atoms with E-state index in [1.54, 1.807) is 0 Å². The third-order valence-corrected chi connectivity index (χ3v) is 5.48. The Balaban J connectivity index is 1.93. The van der Waals surface area contributed by atoms with Crippen molar-refractivity contribution < 1.29 is 8.42 Å². The van der Waals surface area contributed by atoms with Crippen molar-refractivity contribution >= 4 is 9.84 Å². The first-order chi connectivity index (χ1) is 8.48. The van der Waals surface area contributed by atoms with E-state index >= 15 is 0 Å². The first kappa shape index (κ1) is 13.6. The fourth-order valence-corrected chi connectivity index (χ4v) is 3.96. The highest BCUT2D eigenvalue weighted by Gasteiger charge is 2.23. The molecule has 0 atom stereocenters. The smallest absolute Gasteiger partial charge is 0.150 e. The average Bonchev–Trinajstić information content (AvgIpc) is 2.30. The molecular weight excluding hydrogens is 246 g/mol. The van der Waals surface area contributed by atoms with Gasteiger partial charge in [0.2, 0.25) is 0 Å². The van der Waals surface area contributed by atoms with Crippen LogP contribution in [0, 0.1) is 13.8 Å². The second kappa shape index (κ2) is 5.41. The largest absolute Gasteiger partial charge is 0.310 e. The molecule has 0 amide bonds. The van der Waals surface area contributed by atoms with Gasteiger partial charge in [-0.05, 0) is 43.4 Å². The van der Waals surface area contributed by atoms with Gasteiger partial charge >= 0.3 is 0 Å². The predicted octanol–water partition coefficient (Wildman–Crippen LogP) is 1.97. The quantitative estimate of drug-likeness (QED) is 0.911. The maximum atomic E-state index is 11.4. The third kappa shape index (κ3) is 3.33. The number of hydrogen-bond donors (Lipinski definition) is 1. The zero-order chi connectivity index (χ0) is 13.2. The van der Waals surface area contributed by atoms with Gasteiger partial charge < -0.3 is 5.32 Å². The molecule has 1 N–H and O–H groups in total. The lowest BCUT2D eigenvalue weighted by Gasteiger charge is -2.24. The fraction of sp³-hybridized carbons (Fsp3) is 0.571. The zero-order valence-electron chi connectivity index (χ0n) is 11.1. The van der Waals surface area contributed by atoms with Gasteiger partial charge in [0, 0.05) is 12.6 Å². The molecule has 18 heavy (non-hydrogen) atoms. The number of sulfone groups is 1. The van der Waals surface area contributed by atoms with Crippen LogP contribution in [0.4, 0.5) is 0 Å². The number of aryl methyl sites for hydroxylation is 2. The van der Waals surface area contributed by atoms with Gasteiger partial charge in [0.25, 0.3) is 0 Å². The van der Waals surface area contributed by atoms with Crippen LogP contribution in [0.15, 0.2) is 18.2 Å². The Bertz CT molecular complexity index is 488. The Morgan fingerprint density at radius 1 is 1.17 bits per heavy atom. The molecule has 0 aliphatic carbocycles. The van der Waals surface area contributed by atoms with E-state index in [4.69, 9.17) is 0 Å². The van der Waals surface area contributed by atoms with Crippen molar-refractivity contribution in [3.05, 3.63) is 34.9 Å². The molecule has 0 spiro atoms. The normalized spacial score (nSPS) is 19.9. The average molecular weight is 267 g/mol. The number of hydrogen-bond acceptors (Lipinski definition) is 3. The predicted molar refractivity (Wildman–Crippen MR) is 74.4 cm³/mol. The summed E-state index contributed by atoms with van der Waals surface area (Å²) in [6.45, 7) is 5.08. The molecule has 1 fully saturated rings. The monoisotopic (exact) mass is 267 g/mol. The molecule has 4 heteroatoms. The van der Waals surface area contributed by atoms with Crippen LogP contribution in [0.2, 0.25) is 0 Å². The third-order valence-electron chi connectivity index (χ3n) is 3.77. The molecule has 1 aliphatic heterocycles. The van der Waals surface area contributed by atoms with E-state index in [2.05, 4.69) is 37.4 Å². The highest BCUT2D eigenvalue weighted by molar-refractivity contribution is 7.91. The topological polar surface area (TPSA) is 46.2 Å². The first-order valence-electron chi connectivity index (χ1n) is 6.47. The summed E-state index contributed by atoms with van der Waals surface area (Å²) < 4.78 is 22.7. The van der Waals surface area contributed by atoms with Gasteiger partial charge in [0.05, 0.1) is 11.5 Å². The minimum absolute atomic E-state index is 0.331. The highest BCUT2D eigenvalue weighted by atomic mass is 32.2. The molecule has 2 rings (SSSR count). The lowest BCUT2D eigenvalue weighted by Crippen LogP contribution is -2.37. The number of nitrogens with one attached hydrogen (secondary N) is 1. The van der Waals surface area contributed by atoms with Crippen molar-refractivity contribution in [3.8, 4) is 0 Å². The molecule has 1 saturated heterocycles. The van der Waals surface area contributed by atoms with E-state index in [0.29, 0.717) is 17.5 Å². The van der Waals surface area contributed by atoms with Crippen LogP contribution < -0.4 is 5.32 Å². The molecule has 0 aromatic heterocycles. The van der Waals surface area contributed by atoms with Crippen molar-refractivity contribution in [2.75, 3.05) is 11.5 Å². The molecule has 3 nitrogen and oxygen atoms in total. The molecule has 0 radical (unpaired) electrons. The zero-order valence-corrected chi connectivity index (χ0v) is 11.9. The van der Waals surface area contributed by atoms with Crippen molar-refractivity contribution in [2.24, 2.45) is 0 Å². The number of rotatable bonds is 3. The lowest BCUT2D eigenvalue weighted by molar-refractivity contribution is 0.462. The van der Waals surface area contributed by atoms with Crippen molar-refractivity contribution in [1.29, 1.82) is 0 Å². The summed E-state index contributed by atoms with van der Waals surface area (Å²) in [5, 5.41) is 3.49. The maximum Gasteiger partial charge on any atom is 0.150 e.